The zero-order valence-corrected chi connectivity index (χ0v) is 22.5. The molecule has 16 unspecified atom stereocenters. The molecule has 0 saturated heterocycles. The van der Waals surface area contributed by atoms with E-state index in [0.717, 1.165) is 12.8 Å². The maximum absolute atomic E-state index is 12.4. The van der Waals surface area contributed by atoms with Crippen LogP contribution in [0.25, 0.3) is 0 Å². The summed E-state index contributed by atoms with van der Waals surface area (Å²) in [5.74, 6) is -1.91. The Balaban J connectivity index is 1.67. The zero-order valence-electron chi connectivity index (χ0n) is 22.5. The number of aliphatic hydroxyl groups is 8. The van der Waals surface area contributed by atoms with Gasteiger partial charge in [-0.2, -0.15) is 0 Å². The van der Waals surface area contributed by atoms with Crippen LogP contribution in [0.15, 0.2) is 0 Å². The number of rotatable bonds is 6. The van der Waals surface area contributed by atoms with Gasteiger partial charge in [0.15, 0.2) is 0 Å². The van der Waals surface area contributed by atoms with E-state index in [9.17, 15) is 40.9 Å². The lowest BCUT2D eigenvalue weighted by Gasteiger charge is -2.67. The maximum Gasteiger partial charge on any atom is 0.110 e. The minimum absolute atomic E-state index is 0.0405. The molecular formula is C28H50O8. The molecule has 4 aliphatic carbocycles. The maximum atomic E-state index is 12.4. The van der Waals surface area contributed by atoms with E-state index in [1.54, 1.807) is 0 Å². The van der Waals surface area contributed by atoms with Gasteiger partial charge in [0.1, 0.15) is 11.7 Å². The lowest BCUT2D eigenvalue weighted by atomic mass is 9.40. The quantitative estimate of drug-likeness (QED) is 0.256. The van der Waals surface area contributed by atoms with E-state index >= 15 is 0 Å². The van der Waals surface area contributed by atoms with Crippen LogP contribution in [-0.2, 0) is 0 Å². The predicted molar refractivity (Wildman–Crippen MR) is 133 cm³/mol. The lowest BCUT2D eigenvalue weighted by Crippen LogP contribution is -2.76. The molecule has 0 spiro atoms. The van der Waals surface area contributed by atoms with Crippen molar-refractivity contribution in [3.05, 3.63) is 0 Å². The molecule has 8 heteroatoms. The summed E-state index contributed by atoms with van der Waals surface area (Å²) in [6.45, 7) is 10.2. The Morgan fingerprint density at radius 2 is 1.36 bits per heavy atom. The third kappa shape index (κ3) is 3.85. The van der Waals surface area contributed by atoms with Gasteiger partial charge in [-0.25, -0.2) is 0 Å². The number of hydrogen-bond acceptors (Lipinski definition) is 8. The first-order valence-electron chi connectivity index (χ1n) is 14.1. The molecule has 8 N–H and O–H groups in total. The molecule has 0 radical (unpaired) electrons. The van der Waals surface area contributed by atoms with Crippen molar-refractivity contribution < 1.29 is 40.9 Å². The van der Waals surface area contributed by atoms with E-state index in [0.29, 0.717) is 31.6 Å². The summed E-state index contributed by atoms with van der Waals surface area (Å²) in [6.07, 6.45) is -3.96. The molecule has 0 aromatic heterocycles. The molecule has 4 aliphatic rings. The fraction of sp³-hybridized carbons (Fsp3) is 1.00. The first-order valence-corrected chi connectivity index (χ1v) is 14.1. The molecule has 4 saturated carbocycles. The molecule has 8 nitrogen and oxygen atoms in total. The summed E-state index contributed by atoms with van der Waals surface area (Å²) >= 11 is 0. The van der Waals surface area contributed by atoms with Crippen LogP contribution in [0.1, 0.15) is 73.1 Å². The monoisotopic (exact) mass is 514 g/mol. The van der Waals surface area contributed by atoms with Crippen LogP contribution >= 0.6 is 0 Å². The van der Waals surface area contributed by atoms with Gasteiger partial charge < -0.3 is 40.9 Å². The van der Waals surface area contributed by atoms with Crippen molar-refractivity contribution in [2.24, 2.45) is 52.3 Å². The van der Waals surface area contributed by atoms with E-state index in [-0.39, 0.29) is 24.4 Å². The lowest BCUT2D eigenvalue weighted by molar-refractivity contribution is -0.322. The van der Waals surface area contributed by atoms with E-state index in [1.807, 2.05) is 20.8 Å². The van der Waals surface area contributed by atoms with Crippen molar-refractivity contribution in [3.63, 3.8) is 0 Å². The number of hydrogen-bond donors (Lipinski definition) is 8. The van der Waals surface area contributed by atoms with E-state index < -0.39 is 70.8 Å². The Morgan fingerprint density at radius 1 is 0.750 bits per heavy atom. The second kappa shape index (κ2) is 9.70. The highest BCUT2D eigenvalue weighted by molar-refractivity contribution is 5.25. The third-order valence-electron chi connectivity index (χ3n) is 12.0. The van der Waals surface area contributed by atoms with Gasteiger partial charge in [-0.3, -0.25) is 0 Å². The first kappa shape index (κ1) is 28.7. The summed E-state index contributed by atoms with van der Waals surface area (Å²) < 4.78 is 0. The second-order valence-corrected chi connectivity index (χ2v) is 13.7. The normalized spacial score (nSPS) is 55.2. The molecular weight excluding hydrogens is 464 g/mol. The molecule has 4 rings (SSSR count). The van der Waals surface area contributed by atoms with Gasteiger partial charge in [0.25, 0.3) is 0 Å². The van der Waals surface area contributed by atoms with Gasteiger partial charge in [0.05, 0.1) is 30.5 Å². The molecule has 210 valence electrons. The molecule has 16 atom stereocenters. The van der Waals surface area contributed by atoms with Crippen LogP contribution in [-0.4, -0.2) is 89.7 Å². The van der Waals surface area contributed by atoms with E-state index in [2.05, 4.69) is 13.8 Å². The fourth-order valence-electron chi connectivity index (χ4n) is 9.72. The predicted octanol–water partition coefficient (Wildman–Crippen LogP) is 0.656. The van der Waals surface area contributed by atoms with Crippen LogP contribution in [0.3, 0.4) is 0 Å². The molecule has 36 heavy (non-hydrogen) atoms. The highest BCUT2D eigenvalue weighted by Gasteiger charge is 2.76. The van der Waals surface area contributed by atoms with Crippen LogP contribution in [0.5, 0.6) is 0 Å². The average molecular weight is 515 g/mol. The smallest absolute Gasteiger partial charge is 0.110 e. The topological polar surface area (TPSA) is 162 Å². The Hall–Kier alpha value is -0.320. The highest BCUT2D eigenvalue weighted by atomic mass is 16.4. The van der Waals surface area contributed by atoms with Crippen LogP contribution in [0, 0.1) is 52.3 Å². The summed E-state index contributed by atoms with van der Waals surface area (Å²) in [7, 11) is 0. The van der Waals surface area contributed by atoms with Gasteiger partial charge in [0, 0.05) is 18.4 Å². The van der Waals surface area contributed by atoms with Gasteiger partial charge in [-0.15, -0.1) is 0 Å². The van der Waals surface area contributed by atoms with Crippen molar-refractivity contribution in [3.8, 4) is 0 Å². The summed E-state index contributed by atoms with van der Waals surface area (Å²) in [5.41, 5.74) is -3.24. The standard InChI is InChI=1S/C28H50O8/c1-13(15(3)12-29)6-7-14(2)18-21(32)23(34)24-27(18,5)11-9-17-26(4)10-8-16(30)20(31)19(26)22(33)25(35)28(17,24)36/h13-25,29-36H,6-12H2,1-5H3. The molecule has 0 aromatic rings. The molecule has 0 bridgehead atoms. The zero-order chi connectivity index (χ0) is 27.0. The van der Waals surface area contributed by atoms with Gasteiger partial charge in [-0.05, 0) is 66.1 Å². The average Bonchev–Trinajstić information content (AvgIpc) is 3.03. The Kier molecular flexibility index (Phi) is 7.73. The van der Waals surface area contributed by atoms with Crippen molar-refractivity contribution in [2.45, 2.75) is 115 Å². The van der Waals surface area contributed by atoms with Gasteiger partial charge in [0.2, 0.25) is 0 Å². The molecule has 0 aliphatic heterocycles. The first-order chi connectivity index (χ1) is 16.7. The van der Waals surface area contributed by atoms with Crippen molar-refractivity contribution >= 4 is 0 Å². The molecule has 4 fully saturated rings. The molecule has 0 amide bonds. The number of fused-ring (bicyclic) bond motifs is 5. The van der Waals surface area contributed by atoms with Crippen molar-refractivity contribution in [1.82, 2.24) is 0 Å². The van der Waals surface area contributed by atoms with E-state index in [4.69, 9.17) is 0 Å². The summed E-state index contributed by atoms with van der Waals surface area (Å²) in [5, 5.41) is 88.5. The van der Waals surface area contributed by atoms with Gasteiger partial charge >= 0.3 is 0 Å². The second-order valence-electron chi connectivity index (χ2n) is 13.7. The molecule has 0 aromatic carbocycles. The summed E-state index contributed by atoms with van der Waals surface area (Å²) in [4.78, 5) is 0. The third-order valence-corrected chi connectivity index (χ3v) is 12.0. The Morgan fingerprint density at radius 3 is 1.97 bits per heavy atom. The van der Waals surface area contributed by atoms with E-state index in [1.165, 1.54) is 0 Å². The SMILES string of the molecule is CC(CO)C(C)CCC(C)C1C(O)C(O)C2C1(C)CCC1C3(C)CCC(O)C(O)C3C(O)C(O)C12O. The highest BCUT2D eigenvalue weighted by Crippen LogP contribution is 2.69. The Bertz CT molecular complexity index is 796. The van der Waals surface area contributed by atoms with Crippen LogP contribution in [0.2, 0.25) is 0 Å². The summed E-state index contributed by atoms with van der Waals surface area (Å²) in [6, 6.07) is 0. The van der Waals surface area contributed by atoms with Crippen LogP contribution in [0.4, 0.5) is 0 Å². The fourth-order valence-corrected chi connectivity index (χ4v) is 9.72. The van der Waals surface area contributed by atoms with Crippen molar-refractivity contribution in [1.29, 1.82) is 0 Å². The van der Waals surface area contributed by atoms with Gasteiger partial charge in [-0.1, -0.05) is 47.5 Å². The minimum Gasteiger partial charge on any atom is -0.396 e. The Labute approximate surface area is 215 Å². The largest absolute Gasteiger partial charge is 0.396 e. The molecule has 0 heterocycles. The minimum atomic E-state index is -1.84. The van der Waals surface area contributed by atoms with Crippen LogP contribution < -0.4 is 0 Å². The number of aliphatic hydroxyl groups excluding tert-OH is 7. The van der Waals surface area contributed by atoms with Crippen molar-refractivity contribution in [2.75, 3.05) is 6.61 Å².